The zero-order valence-corrected chi connectivity index (χ0v) is 10.5. The van der Waals surface area contributed by atoms with Gasteiger partial charge >= 0.3 is 0 Å². The lowest BCUT2D eigenvalue weighted by atomic mass is 10.2. The number of rotatable bonds is 4. The van der Waals surface area contributed by atoms with Crippen LogP contribution in [0, 0.1) is 0 Å². The molecule has 0 aliphatic rings. The van der Waals surface area contributed by atoms with Crippen molar-refractivity contribution in [2.45, 2.75) is 6.42 Å². The average Bonchev–Trinajstić information content (AvgIpc) is 2.40. The Balaban J connectivity index is 1.86. The summed E-state index contributed by atoms with van der Waals surface area (Å²) >= 11 is 5.83. The first-order chi connectivity index (χ1) is 8.75. The Morgan fingerprint density at radius 3 is 2.83 bits per heavy atom. The second-order valence-corrected chi connectivity index (χ2v) is 4.27. The average molecular weight is 261 g/mol. The van der Waals surface area contributed by atoms with E-state index in [0.29, 0.717) is 23.6 Å². The van der Waals surface area contributed by atoms with Crippen LogP contribution < -0.4 is 5.32 Å². The summed E-state index contributed by atoms with van der Waals surface area (Å²) in [7, 11) is 0. The minimum Gasteiger partial charge on any atom is -0.352 e. The van der Waals surface area contributed by atoms with Gasteiger partial charge in [-0.1, -0.05) is 23.7 Å². The van der Waals surface area contributed by atoms with E-state index in [1.54, 1.807) is 30.5 Å². The highest BCUT2D eigenvalue weighted by Crippen LogP contribution is 2.10. The summed E-state index contributed by atoms with van der Waals surface area (Å²) in [6.45, 7) is 0.558. The third-order valence-electron chi connectivity index (χ3n) is 2.48. The van der Waals surface area contributed by atoms with Gasteiger partial charge < -0.3 is 5.32 Å². The van der Waals surface area contributed by atoms with Crippen molar-refractivity contribution in [2.75, 3.05) is 6.54 Å². The standard InChI is InChI=1S/C14H13ClN2O/c15-12-5-3-4-11(10-12)14(18)17-9-7-13-6-1-2-8-16-13/h1-6,8,10H,7,9H2,(H,17,18). The Bertz CT molecular complexity index is 528. The molecule has 0 saturated heterocycles. The predicted molar refractivity (Wildman–Crippen MR) is 71.7 cm³/mol. The highest BCUT2D eigenvalue weighted by Gasteiger charge is 2.04. The van der Waals surface area contributed by atoms with Crippen molar-refractivity contribution in [3.05, 3.63) is 64.9 Å². The van der Waals surface area contributed by atoms with Crippen LogP contribution in [0.4, 0.5) is 0 Å². The van der Waals surface area contributed by atoms with E-state index in [9.17, 15) is 4.79 Å². The molecule has 0 fully saturated rings. The van der Waals surface area contributed by atoms with Crippen LogP contribution in [0.5, 0.6) is 0 Å². The third kappa shape index (κ3) is 3.57. The van der Waals surface area contributed by atoms with Crippen molar-refractivity contribution < 1.29 is 4.79 Å². The second kappa shape index (κ2) is 6.17. The summed E-state index contributed by atoms with van der Waals surface area (Å²) in [4.78, 5) is 16.0. The third-order valence-corrected chi connectivity index (χ3v) is 2.71. The van der Waals surface area contributed by atoms with Crippen molar-refractivity contribution >= 4 is 17.5 Å². The first-order valence-electron chi connectivity index (χ1n) is 5.69. The molecule has 0 saturated carbocycles. The van der Waals surface area contributed by atoms with Crippen LogP contribution in [0.2, 0.25) is 5.02 Å². The molecule has 0 spiro atoms. The number of hydrogen-bond acceptors (Lipinski definition) is 2. The van der Waals surface area contributed by atoms with Gasteiger partial charge in [0.25, 0.3) is 5.91 Å². The van der Waals surface area contributed by atoms with Crippen LogP contribution in [-0.2, 0) is 6.42 Å². The number of nitrogens with zero attached hydrogens (tertiary/aromatic N) is 1. The minimum absolute atomic E-state index is 0.117. The second-order valence-electron chi connectivity index (χ2n) is 3.84. The molecular formula is C14H13ClN2O. The maximum absolute atomic E-state index is 11.8. The monoisotopic (exact) mass is 260 g/mol. The predicted octanol–water partition coefficient (Wildman–Crippen LogP) is 2.71. The maximum Gasteiger partial charge on any atom is 0.251 e. The van der Waals surface area contributed by atoms with Crippen LogP contribution in [0.3, 0.4) is 0 Å². The Labute approximate surface area is 111 Å². The smallest absolute Gasteiger partial charge is 0.251 e. The van der Waals surface area contributed by atoms with Crippen LogP contribution in [0.1, 0.15) is 16.1 Å². The number of benzene rings is 1. The summed E-state index contributed by atoms with van der Waals surface area (Å²) in [5, 5.41) is 3.40. The summed E-state index contributed by atoms with van der Waals surface area (Å²) in [6.07, 6.45) is 2.46. The van der Waals surface area contributed by atoms with Crippen LogP contribution in [0.25, 0.3) is 0 Å². The van der Waals surface area contributed by atoms with E-state index in [-0.39, 0.29) is 5.91 Å². The zero-order valence-electron chi connectivity index (χ0n) is 9.77. The first-order valence-corrected chi connectivity index (χ1v) is 6.07. The van der Waals surface area contributed by atoms with Gasteiger partial charge in [0.15, 0.2) is 0 Å². The largest absolute Gasteiger partial charge is 0.352 e. The fraction of sp³-hybridized carbons (Fsp3) is 0.143. The Morgan fingerprint density at radius 1 is 1.22 bits per heavy atom. The molecule has 18 heavy (non-hydrogen) atoms. The Hall–Kier alpha value is -1.87. The molecule has 1 heterocycles. The van der Waals surface area contributed by atoms with Gasteiger partial charge in [0.05, 0.1) is 0 Å². The fourth-order valence-electron chi connectivity index (χ4n) is 1.58. The van der Waals surface area contributed by atoms with E-state index in [1.807, 2.05) is 18.2 Å². The van der Waals surface area contributed by atoms with Crippen molar-refractivity contribution in [3.8, 4) is 0 Å². The van der Waals surface area contributed by atoms with Crippen LogP contribution in [-0.4, -0.2) is 17.4 Å². The van der Waals surface area contributed by atoms with E-state index in [4.69, 9.17) is 11.6 Å². The van der Waals surface area contributed by atoms with Gasteiger partial charge in [-0.3, -0.25) is 9.78 Å². The lowest BCUT2D eigenvalue weighted by Crippen LogP contribution is -2.25. The Kier molecular flexibility index (Phi) is 4.31. The number of halogens is 1. The van der Waals surface area contributed by atoms with Gasteiger partial charge in [-0.05, 0) is 30.3 Å². The maximum atomic E-state index is 11.8. The first kappa shape index (κ1) is 12.6. The van der Waals surface area contributed by atoms with Crippen molar-refractivity contribution in [2.24, 2.45) is 0 Å². The number of pyridine rings is 1. The van der Waals surface area contributed by atoms with Crippen LogP contribution >= 0.6 is 11.6 Å². The van der Waals surface area contributed by atoms with E-state index in [2.05, 4.69) is 10.3 Å². The topological polar surface area (TPSA) is 42.0 Å². The fourth-order valence-corrected chi connectivity index (χ4v) is 1.77. The number of carbonyl (C=O) groups is 1. The molecule has 1 aromatic heterocycles. The molecule has 0 radical (unpaired) electrons. The summed E-state index contributed by atoms with van der Waals surface area (Å²) in [5.41, 5.74) is 1.53. The molecule has 2 rings (SSSR count). The van der Waals surface area contributed by atoms with E-state index < -0.39 is 0 Å². The number of hydrogen-bond donors (Lipinski definition) is 1. The van der Waals surface area contributed by atoms with Crippen molar-refractivity contribution in [1.82, 2.24) is 10.3 Å². The number of aromatic nitrogens is 1. The van der Waals surface area contributed by atoms with Crippen LogP contribution in [0.15, 0.2) is 48.7 Å². The SMILES string of the molecule is O=C(NCCc1ccccn1)c1cccc(Cl)c1. The van der Waals surface area contributed by atoms with Crippen molar-refractivity contribution in [1.29, 1.82) is 0 Å². The van der Waals surface area contributed by atoms with Gasteiger partial charge in [-0.2, -0.15) is 0 Å². The quantitative estimate of drug-likeness (QED) is 0.918. The summed E-state index contributed by atoms with van der Waals surface area (Å²) < 4.78 is 0. The number of carbonyl (C=O) groups excluding carboxylic acids is 1. The van der Waals surface area contributed by atoms with E-state index in [0.717, 1.165) is 5.69 Å². The number of nitrogens with one attached hydrogen (secondary N) is 1. The molecule has 0 bridgehead atoms. The van der Waals surface area contributed by atoms with E-state index in [1.165, 1.54) is 0 Å². The molecule has 1 aromatic carbocycles. The molecule has 1 amide bonds. The Morgan fingerprint density at radius 2 is 2.11 bits per heavy atom. The lowest BCUT2D eigenvalue weighted by molar-refractivity contribution is 0.0954. The highest BCUT2D eigenvalue weighted by atomic mass is 35.5. The van der Waals surface area contributed by atoms with Gasteiger partial charge in [-0.25, -0.2) is 0 Å². The van der Waals surface area contributed by atoms with Gasteiger partial charge in [0, 0.05) is 35.4 Å². The molecule has 0 atom stereocenters. The highest BCUT2D eigenvalue weighted by molar-refractivity contribution is 6.30. The molecule has 0 aliphatic carbocycles. The minimum atomic E-state index is -0.117. The van der Waals surface area contributed by atoms with Gasteiger partial charge in [-0.15, -0.1) is 0 Å². The molecule has 0 unspecified atom stereocenters. The van der Waals surface area contributed by atoms with Gasteiger partial charge in [0.2, 0.25) is 0 Å². The molecule has 1 N–H and O–H groups in total. The molecule has 0 aliphatic heterocycles. The molecular weight excluding hydrogens is 248 g/mol. The number of amides is 1. The summed E-state index contributed by atoms with van der Waals surface area (Å²) in [5.74, 6) is -0.117. The lowest BCUT2D eigenvalue weighted by Gasteiger charge is -2.05. The zero-order chi connectivity index (χ0) is 12.8. The molecule has 3 nitrogen and oxygen atoms in total. The molecule has 2 aromatic rings. The molecule has 92 valence electrons. The summed E-state index contributed by atoms with van der Waals surface area (Å²) in [6, 6.07) is 12.6. The molecule has 4 heteroatoms. The van der Waals surface area contributed by atoms with Crippen molar-refractivity contribution in [3.63, 3.8) is 0 Å². The van der Waals surface area contributed by atoms with E-state index >= 15 is 0 Å². The normalized spacial score (nSPS) is 10.1. The van der Waals surface area contributed by atoms with Gasteiger partial charge in [0.1, 0.15) is 0 Å².